The smallest absolute Gasteiger partial charge is 0.260 e. The van der Waals surface area contributed by atoms with E-state index in [1.165, 1.54) is 0 Å². The third-order valence-electron chi connectivity index (χ3n) is 5.19. The van der Waals surface area contributed by atoms with Crippen LogP contribution in [-0.4, -0.2) is 50.8 Å². The molecule has 0 radical (unpaired) electrons. The minimum atomic E-state index is -0.385. The van der Waals surface area contributed by atoms with Crippen LogP contribution in [0.3, 0.4) is 0 Å². The summed E-state index contributed by atoms with van der Waals surface area (Å²) in [6.07, 6.45) is 0. The molecule has 3 aromatic rings. The van der Waals surface area contributed by atoms with Crippen molar-refractivity contribution in [3.05, 3.63) is 57.2 Å². The first-order valence-electron chi connectivity index (χ1n) is 9.87. The lowest BCUT2D eigenvalue weighted by Gasteiger charge is -2.26. The van der Waals surface area contributed by atoms with Crippen molar-refractivity contribution in [1.82, 2.24) is 4.90 Å². The van der Waals surface area contributed by atoms with Crippen LogP contribution in [0.25, 0.3) is 22.3 Å². The van der Waals surface area contributed by atoms with Crippen molar-refractivity contribution >= 4 is 28.5 Å². The lowest BCUT2D eigenvalue weighted by molar-refractivity contribution is -0.137. The van der Waals surface area contributed by atoms with Crippen LogP contribution < -0.4 is 14.9 Å². The van der Waals surface area contributed by atoms with Crippen LogP contribution in [0.1, 0.15) is 5.56 Å². The van der Waals surface area contributed by atoms with E-state index in [1.54, 1.807) is 48.4 Å². The Morgan fingerprint density at radius 1 is 1.16 bits per heavy atom. The Morgan fingerprint density at radius 2 is 1.87 bits per heavy atom. The third kappa shape index (κ3) is 4.38. The monoisotopic (exact) mass is 443 g/mol. The van der Waals surface area contributed by atoms with Crippen molar-refractivity contribution < 1.29 is 23.4 Å². The molecule has 1 aliphatic rings. The number of carbonyl (C=O) groups excluding carboxylic acids is 1. The lowest BCUT2D eigenvalue weighted by Crippen LogP contribution is -2.43. The van der Waals surface area contributed by atoms with Gasteiger partial charge in [0.25, 0.3) is 5.91 Å². The third-order valence-corrected chi connectivity index (χ3v) is 5.59. The Morgan fingerprint density at radius 3 is 2.55 bits per heavy atom. The first-order valence-corrected chi connectivity index (χ1v) is 10.3. The van der Waals surface area contributed by atoms with E-state index in [-0.39, 0.29) is 29.5 Å². The highest BCUT2D eigenvalue weighted by atomic mass is 35.5. The van der Waals surface area contributed by atoms with Gasteiger partial charge in [-0.2, -0.15) is 0 Å². The molecule has 0 N–H and O–H groups in total. The number of amides is 1. The molecule has 2 aromatic carbocycles. The van der Waals surface area contributed by atoms with Gasteiger partial charge in [-0.05, 0) is 48.9 Å². The Balaban J connectivity index is 1.76. The second-order valence-electron chi connectivity index (χ2n) is 7.20. The number of methoxy groups -OCH3 is 1. The summed E-state index contributed by atoms with van der Waals surface area (Å²) in [6, 6.07) is 10.3. The molecule has 0 spiro atoms. The van der Waals surface area contributed by atoms with Crippen LogP contribution in [0.2, 0.25) is 5.02 Å². The first kappa shape index (κ1) is 21.2. The van der Waals surface area contributed by atoms with E-state index in [0.29, 0.717) is 53.6 Å². The fourth-order valence-electron chi connectivity index (χ4n) is 3.40. The number of carbonyl (C=O) groups is 1. The summed E-state index contributed by atoms with van der Waals surface area (Å²) < 4.78 is 22.3. The molecule has 4 rings (SSSR count). The summed E-state index contributed by atoms with van der Waals surface area (Å²) in [4.78, 5) is 27.5. The van der Waals surface area contributed by atoms with E-state index >= 15 is 0 Å². The highest BCUT2D eigenvalue weighted by Crippen LogP contribution is 2.33. The van der Waals surface area contributed by atoms with Gasteiger partial charge in [0.2, 0.25) is 11.2 Å². The second kappa shape index (κ2) is 8.99. The zero-order valence-corrected chi connectivity index (χ0v) is 18.0. The minimum Gasteiger partial charge on any atom is -0.497 e. The predicted octanol–water partition coefficient (Wildman–Crippen LogP) is 3.67. The van der Waals surface area contributed by atoms with Gasteiger partial charge in [-0.3, -0.25) is 9.59 Å². The zero-order chi connectivity index (χ0) is 22.0. The highest BCUT2D eigenvalue weighted by Gasteiger charge is 2.22. The van der Waals surface area contributed by atoms with Crippen LogP contribution in [0, 0.1) is 6.92 Å². The van der Waals surface area contributed by atoms with E-state index in [1.807, 2.05) is 6.92 Å². The van der Waals surface area contributed by atoms with Crippen LogP contribution in [0.4, 0.5) is 0 Å². The standard InChI is InChI=1S/C23H22ClNO6/c1-14-11-19-17(12-18(14)24)21(27)23(30-13-20(26)25-7-9-29-10-8-25)22(31-19)15-3-5-16(28-2)6-4-15/h3-6,11-12H,7-10,13H2,1-2H3. The molecule has 1 aromatic heterocycles. The fraction of sp³-hybridized carbons (Fsp3) is 0.304. The van der Waals surface area contributed by atoms with E-state index in [2.05, 4.69) is 0 Å². The van der Waals surface area contributed by atoms with Gasteiger partial charge in [-0.1, -0.05) is 11.6 Å². The van der Waals surface area contributed by atoms with Gasteiger partial charge in [0.05, 0.1) is 25.7 Å². The molecule has 1 saturated heterocycles. The SMILES string of the molecule is COc1ccc(-c2oc3cc(C)c(Cl)cc3c(=O)c2OCC(=O)N2CCOCC2)cc1. The Hall–Kier alpha value is -3.03. The lowest BCUT2D eigenvalue weighted by atomic mass is 10.1. The molecule has 0 bridgehead atoms. The molecular formula is C23H22ClNO6. The quantitative estimate of drug-likeness (QED) is 0.598. The summed E-state index contributed by atoms with van der Waals surface area (Å²) in [7, 11) is 1.57. The maximum absolute atomic E-state index is 13.3. The molecule has 7 nitrogen and oxygen atoms in total. The van der Waals surface area contributed by atoms with Crippen LogP contribution in [-0.2, 0) is 9.53 Å². The van der Waals surface area contributed by atoms with E-state index in [4.69, 9.17) is 30.2 Å². The topological polar surface area (TPSA) is 78.2 Å². The number of rotatable bonds is 5. The molecule has 8 heteroatoms. The van der Waals surface area contributed by atoms with Gasteiger partial charge in [0.1, 0.15) is 11.3 Å². The molecule has 0 atom stereocenters. The second-order valence-corrected chi connectivity index (χ2v) is 7.60. The maximum Gasteiger partial charge on any atom is 0.260 e. The van der Waals surface area contributed by atoms with Gasteiger partial charge in [-0.15, -0.1) is 0 Å². The van der Waals surface area contributed by atoms with Crippen LogP contribution in [0.15, 0.2) is 45.6 Å². The number of halogens is 1. The summed E-state index contributed by atoms with van der Waals surface area (Å²) in [6.45, 7) is 3.51. The summed E-state index contributed by atoms with van der Waals surface area (Å²) in [5, 5.41) is 0.744. The Bertz CT molecular complexity index is 1170. The summed E-state index contributed by atoms with van der Waals surface area (Å²) in [5.74, 6) is 0.667. The van der Waals surface area contributed by atoms with Crippen LogP contribution >= 0.6 is 11.6 Å². The molecule has 162 valence electrons. The molecule has 1 fully saturated rings. The van der Waals surface area contributed by atoms with E-state index < -0.39 is 0 Å². The average molecular weight is 444 g/mol. The van der Waals surface area contributed by atoms with Gasteiger partial charge < -0.3 is 23.5 Å². The predicted molar refractivity (Wildman–Crippen MR) is 117 cm³/mol. The van der Waals surface area contributed by atoms with Crippen molar-refractivity contribution in [2.24, 2.45) is 0 Å². The van der Waals surface area contributed by atoms with Crippen LogP contribution in [0.5, 0.6) is 11.5 Å². The Labute approximate surface area is 184 Å². The molecule has 1 amide bonds. The number of benzene rings is 2. The molecule has 31 heavy (non-hydrogen) atoms. The van der Waals surface area contributed by atoms with Gasteiger partial charge >= 0.3 is 0 Å². The molecule has 0 saturated carbocycles. The maximum atomic E-state index is 13.3. The largest absolute Gasteiger partial charge is 0.497 e. The number of morpholine rings is 1. The normalized spacial score (nSPS) is 14.0. The van der Waals surface area contributed by atoms with Gasteiger partial charge in [0, 0.05) is 23.7 Å². The molecule has 1 aliphatic heterocycles. The summed E-state index contributed by atoms with van der Waals surface area (Å²) >= 11 is 6.22. The summed E-state index contributed by atoms with van der Waals surface area (Å²) in [5.41, 5.74) is 1.42. The number of fused-ring (bicyclic) bond motifs is 1. The number of nitrogens with zero attached hydrogens (tertiary/aromatic N) is 1. The average Bonchev–Trinajstić information content (AvgIpc) is 2.80. The van der Waals surface area contributed by atoms with E-state index in [9.17, 15) is 9.59 Å². The molecule has 0 aliphatic carbocycles. The van der Waals surface area contributed by atoms with Crippen molar-refractivity contribution in [3.8, 4) is 22.8 Å². The molecular weight excluding hydrogens is 422 g/mol. The zero-order valence-electron chi connectivity index (χ0n) is 17.3. The number of ether oxygens (including phenoxy) is 3. The molecule has 0 unspecified atom stereocenters. The van der Waals surface area contributed by atoms with E-state index in [0.717, 1.165) is 5.56 Å². The highest BCUT2D eigenvalue weighted by molar-refractivity contribution is 6.32. The van der Waals surface area contributed by atoms with Crippen molar-refractivity contribution in [1.29, 1.82) is 0 Å². The number of hydrogen-bond acceptors (Lipinski definition) is 6. The Kier molecular flexibility index (Phi) is 6.15. The molecule has 2 heterocycles. The van der Waals surface area contributed by atoms with Gasteiger partial charge in [-0.25, -0.2) is 0 Å². The van der Waals surface area contributed by atoms with Crippen molar-refractivity contribution in [3.63, 3.8) is 0 Å². The number of aryl methyl sites for hydroxylation is 1. The van der Waals surface area contributed by atoms with Crippen molar-refractivity contribution in [2.45, 2.75) is 6.92 Å². The van der Waals surface area contributed by atoms with Crippen molar-refractivity contribution in [2.75, 3.05) is 40.0 Å². The number of hydrogen-bond donors (Lipinski definition) is 0. The minimum absolute atomic E-state index is 0.0285. The first-order chi connectivity index (χ1) is 15.0. The fourth-order valence-corrected chi connectivity index (χ4v) is 3.56. The van der Waals surface area contributed by atoms with Gasteiger partial charge in [0.15, 0.2) is 12.4 Å².